The monoisotopic (exact) mass is 695 g/mol. The van der Waals surface area contributed by atoms with Gasteiger partial charge in [0.2, 0.25) is 5.91 Å². The van der Waals surface area contributed by atoms with Crippen molar-refractivity contribution in [2.45, 2.75) is 4.90 Å². The first kappa shape index (κ1) is 34.3. The average molecular weight is 696 g/mol. The molecule has 3 amide bonds. The van der Waals surface area contributed by atoms with Gasteiger partial charge in [-0.15, -0.1) is 23.1 Å². The third-order valence-electron chi connectivity index (χ3n) is 6.87. The Morgan fingerprint density at radius 1 is 0.898 bits per heavy atom. The van der Waals surface area contributed by atoms with E-state index in [9.17, 15) is 24.5 Å². The Balaban J connectivity index is 1.21. The fourth-order valence-electron chi connectivity index (χ4n) is 4.47. The van der Waals surface area contributed by atoms with Gasteiger partial charge >= 0.3 is 0 Å². The number of ether oxygens (including phenoxy) is 2. The molecule has 14 heteroatoms. The molecule has 0 saturated heterocycles. The predicted molar refractivity (Wildman–Crippen MR) is 190 cm³/mol. The highest BCUT2D eigenvalue weighted by molar-refractivity contribution is 8.00. The van der Waals surface area contributed by atoms with Gasteiger partial charge in [0.25, 0.3) is 17.5 Å². The summed E-state index contributed by atoms with van der Waals surface area (Å²) in [6.07, 6.45) is 1.26. The summed E-state index contributed by atoms with van der Waals surface area (Å²) in [6.45, 7) is 0. The van der Waals surface area contributed by atoms with Gasteiger partial charge in [-0.3, -0.25) is 24.5 Å². The minimum absolute atomic E-state index is 0.116. The number of para-hydroxylation sites is 1. The standard InChI is InChI=1S/C35H29N5O7S2/c1-46-30-17-12-23(19-31(30)47-2)28-20-49-35(38-28)39-32(41)21-48-26-15-13-25(14-16-26)36-34(43)27(37-33(42)22-8-4-3-5-9-22)18-24-10-6-7-11-29(24)40(44)45/h3-20H,21H2,1-2H3,(H,36,43)(H,37,42)(H,38,39,41)/b27-18-. The van der Waals surface area contributed by atoms with Gasteiger partial charge in [0, 0.05) is 33.2 Å². The lowest BCUT2D eigenvalue weighted by Gasteiger charge is -2.12. The number of hydrogen-bond acceptors (Lipinski definition) is 10. The van der Waals surface area contributed by atoms with Crippen LogP contribution < -0.4 is 25.4 Å². The van der Waals surface area contributed by atoms with E-state index >= 15 is 0 Å². The zero-order valence-electron chi connectivity index (χ0n) is 26.2. The van der Waals surface area contributed by atoms with E-state index < -0.39 is 16.7 Å². The lowest BCUT2D eigenvalue weighted by atomic mass is 10.1. The summed E-state index contributed by atoms with van der Waals surface area (Å²) in [6, 6.07) is 26.4. The van der Waals surface area contributed by atoms with Crippen molar-refractivity contribution in [3.05, 3.63) is 129 Å². The van der Waals surface area contributed by atoms with Crippen LogP contribution in [0.3, 0.4) is 0 Å². The Morgan fingerprint density at radius 3 is 2.33 bits per heavy atom. The molecule has 3 N–H and O–H groups in total. The number of amides is 3. The average Bonchev–Trinajstić information content (AvgIpc) is 3.59. The molecule has 0 saturated carbocycles. The third kappa shape index (κ3) is 9.09. The summed E-state index contributed by atoms with van der Waals surface area (Å²) < 4.78 is 10.6. The number of methoxy groups -OCH3 is 2. The summed E-state index contributed by atoms with van der Waals surface area (Å²) >= 11 is 2.60. The number of benzene rings is 4. The van der Waals surface area contributed by atoms with E-state index in [0.29, 0.717) is 33.6 Å². The number of nitrogens with one attached hydrogen (secondary N) is 3. The summed E-state index contributed by atoms with van der Waals surface area (Å²) in [4.78, 5) is 55.2. The van der Waals surface area contributed by atoms with Crippen LogP contribution >= 0.6 is 23.1 Å². The topological polar surface area (TPSA) is 162 Å². The molecule has 5 rings (SSSR count). The molecule has 248 valence electrons. The number of thioether (sulfide) groups is 1. The van der Waals surface area contributed by atoms with Crippen molar-refractivity contribution >= 4 is 63.4 Å². The minimum Gasteiger partial charge on any atom is -0.493 e. The van der Waals surface area contributed by atoms with Crippen LogP contribution in [-0.4, -0.2) is 47.6 Å². The largest absolute Gasteiger partial charge is 0.493 e. The lowest BCUT2D eigenvalue weighted by molar-refractivity contribution is -0.385. The minimum atomic E-state index is -0.682. The van der Waals surface area contributed by atoms with E-state index in [1.807, 2.05) is 17.5 Å². The first-order chi connectivity index (χ1) is 23.7. The van der Waals surface area contributed by atoms with E-state index in [2.05, 4.69) is 20.9 Å². The zero-order chi connectivity index (χ0) is 34.8. The number of nitro benzene ring substituents is 1. The fraction of sp³-hybridized carbons (Fsp3) is 0.0857. The van der Waals surface area contributed by atoms with E-state index in [1.165, 1.54) is 47.4 Å². The van der Waals surface area contributed by atoms with Crippen LogP contribution in [0.1, 0.15) is 15.9 Å². The molecule has 0 fully saturated rings. The first-order valence-electron chi connectivity index (χ1n) is 14.6. The van der Waals surface area contributed by atoms with Crippen LogP contribution in [-0.2, 0) is 9.59 Å². The second-order valence-electron chi connectivity index (χ2n) is 10.1. The summed E-state index contributed by atoms with van der Waals surface area (Å²) in [5, 5.41) is 22.0. The van der Waals surface area contributed by atoms with Gasteiger partial charge in [0.15, 0.2) is 16.6 Å². The molecule has 0 radical (unpaired) electrons. The molecule has 0 bridgehead atoms. The van der Waals surface area contributed by atoms with E-state index in [1.54, 1.807) is 80.9 Å². The van der Waals surface area contributed by atoms with Crippen LogP contribution in [0, 0.1) is 10.1 Å². The number of hydrogen-bond donors (Lipinski definition) is 3. The number of nitro groups is 1. The molecule has 1 aromatic heterocycles. The quantitative estimate of drug-likeness (QED) is 0.0516. The van der Waals surface area contributed by atoms with Crippen LogP contribution in [0.5, 0.6) is 11.5 Å². The first-order valence-corrected chi connectivity index (χ1v) is 16.4. The van der Waals surface area contributed by atoms with Crippen LogP contribution in [0.4, 0.5) is 16.5 Å². The maximum atomic E-state index is 13.4. The number of rotatable bonds is 13. The molecular weight excluding hydrogens is 667 g/mol. The molecule has 0 aliphatic carbocycles. The second kappa shape index (κ2) is 16.2. The van der Waals surface area contributed by atoms with Crippen molar-refractivity contribution in [2.75, 3.05) is 30.6 Å². The Morgan fingerprint density at radius 2 is 1.61 bits per heavy atom. The molecular formula is C35H29N5O7S2. The van der Waals surface area contributed by atoms with E-state index in [-0.39, 0.29) is 28.6 Å². The molecule has 0 aliphatic rings. The van der Waals surface area contributed by atoms with Crippen molar-refractivity contribution in [1.82, 2.24) is 10.3 Å². The van der Waals surface area contributed by atoms with Gasteiger partial charge in [0.05, 0.1) is 36.2 Å². The van der Waals surface area contributed by atoms with Gasteiger partial charge in [-0.1, -0.05) is 30.3 Å². The van der Waals surface area contributed by atoms with Gasteiger partial charge in [-0.25, -0.2) is 4.98 Å². The Labute approximate surface area is 289 Å². The van der Waals surface area contributed by atoms with Crippen molar-refractivity contribution < 1.29 is 28.8 Å². The van der Waals surface area contributed by atoms with Crippen molar-refractivity contribution in [1.29, 1.82) is 0 Å². The Kier molecular flexibility index (Phi) is 11.4. The molecule has 1 heterocycles. The highest BCUT2D eigenvalue weighted by Crippen LogP contribution is 2.33. The number of anilines is 2. The normalized spacial score (nSPS) is 10.9. The van der Waals surface area contributed by atoms with Crippen molar-refractivity contribution in [3.63, 3.8) is 0 Å². The van der Waals surface area contributed by atoms with Gasteiger partial charge < -0.3 is 25.4 Å². The Hall–Kier alpha value is -5.99. The highest BCUT2D eigenvalue weighted by atomic mass is 32.2. The maximum Gasteiger partial charge on any atom is 0.276 e. The maximum absolute atomic E-state index is 13.4. The van der Waals surface area contributed by atoms with Gasteiger partial charge in [0.1, 0.15) is 5.70 Å². The van der Waals surface area contributed by atoms with Crippen LogP contribution in [0.15, 0.2) is 113 Å². The van der Waals surface area contributed by atoms with Crippen molar-refractivity contribution in [3.8, 4) is 22.8 Å². The van der Waals surface area contributed by atoms with Crippen molar-refractivity contribution in [2.24, 2.45) is 0 Å². The highest BCUT2D eigenvalue weighted by Gasteiger charge is 2.19. The smallest absolute Gasteiger partial charge is 0.276 e. The zero-order valence-corrected chi connectivity index (χ0v) is 27.8. The number of nitrogens with zero attached hydrogens (tertiary/aromatic N) is 2. The number of thiazole rings is 1. The predicted octanol–water partition coefficient (Wildman–Crippen LogP) is 6.88. The summed E-state index contributed by atoms with van der Waals surface area (Å²) in [5.41, 5.74) is 1.96. The Bertz CT molecular complexity index is 2010. The van der Waals surface area contributed by atoms with Crippen LogP contribution in [0.2, 0.25) is 0 Å². The van der Waals surface area contributed by atoms with Gasteiger partial charge in [-0.05, 0) is 66.7 Å². The van der Waals surface area contributed by atoms with Gasteiger partial charge in [-0.2, -0.15) is 0 Å². The molecule has 49 heavy (non-hydrogen) atoms. The molecule has 12 nitrogen and oxygen atoms in total. The summed E-state index contributed by atoms with van der Waals surface area (Å²) in [7, 11) is 3.12. The molecule has 0 atom stereocenters. The second-order valence-corrected chi connectivity index (χ2v) is 12.0. The number of aromatic nitrogens is 1. The summed E-state index contributed by atoms with van der Waals surface area (Å²) in [5.74, 6) is -0.183. The third-order valence-corrected chi connectivity index (χ3v) is 8.64. The SMILES string of the molecule is COc1ccc(-c2csc(NC(=O)CSc3ccc(NC(=O)/C(=C/c4ccccc4[N+](=O)[O-])NC(=O)c4ccccc4)cc3)n2)cc1OC. The van der Waals surface area contributed by atoms with E-state index in [0.717, 1.165) is 10.5 Å². The molecule has 0 aliphatic heterocycles. The lowest BCUT2D eigenvalue weighted by Crippen LogP contribution is -2.30. The molecule has 0 unspecified atom stereocenters. The molecule has 0 spiro atoms. The molecule has 4 aromatic carbocycles. The number of carbonyl (C=O) groups excluding carboxylic acids is 3. The number of carbonyl (C=O) groups is 3. The fourth-order valence-corrected chi connectivity index (χ4v) is 5.90. The van der Waals surface area contributed by atoms with Crippen LogP contribution in [0.25, 0.3) is 17.3 Å². The van der Waals surface area contributed by atoms with E-state index in [4.69, 9.17) is 9.47 Å². The molecule has 5 aromatic rings.